The molecule has 20 heavy (non-hydrogen) atoms. The second-order valence-corrected chi connectivity index (χ2v) is 5.39. The van der Waals surface area contributed by atoms with E-state index in [2.05, 4.69) is 34.1 Å². The zero-order valence-electron chi connectivity index (χ0n) is 11.8. The Hall–Kier alpha value is -1.65. The minimum atomic E-state index is 0.819. The third kappa shape index (κ3) is 3.92. The van der Waals surface area contributed by atoms with Crippen LogP contribution in [0.25, 0.3) is 5.69 Å². The first-order chi connectivity index (χ1) is 9.92. The van der Waals surface area contributed by atoms with Crippen molar-refractivity contribution < 1.29 is 0 Å². The van der Waals surface area contributed by atoms with E-state index in [1.807, 2.05) is 29.1 Å². The SMILES string of the molecule is c1ccc(-n2cc(CNCCCNC3CC3)cn2)cc1. The highest BCUT2D eigenvalue weighted by atomic mass is 15.3. The van der Waals surface area contributed by atoms with Crippen LogP contribution in [0.5, 0.6) is 0 Å². The molecule has 0 unspecified atom stereocenters. The van der Waals surface area contributed by atoms with Crippen molar-refractivity contribution in [3.05, 3.63) is 48.3 Å². The van der Waals surface area contributed by atoms with Crippen LogP contribution in [0.2, 0.25) is 0 Å². The van der Waals surface area contributed by atoms with E-state index in [9.17, 15) is 0 Å². The third-order valence-electron chi connectivity index (χ3n) is 3.53. The van der Waals surface area contributed by atoms with Crippen LogP contribution in [-0.2, 0) is 6.54 Å². The summed E-state index contributed by atoms with van der Waals surface area (Å²) in [7, 11) is 0. The Labute approximate surface area is 120 Å². The Kier molecular flexibility index (Phi) is 4.46. The lowest BCUT2D eigenvalue weighted by molar-refractivity contribution is 0.593. The molecule has 3 rings (SSSR count). The Bertz CT molecular complexity index is 516. The highest BCUT2D eigenvalue weighted by Gasteiger charge is 2.19. The van der Waals surface area contributed by atoms with Crippen LogP contribution >= 0.6 is 0 Å². The molecule has 1 saturated carbocycles. The van der Waals surface area contributed by atoms with Gasteiger partial charge in [-0.05, 0) is 44.5 Å². The van der Waals surface area contributed by atoms with Gasteiger partial charge in [0, 0.05) is 24.3 Å². The number of para-hydroxylation sites is 1. The summed E-state index contributed by atoms with van der Waals surface area (Å²) in [6, 6.07) is 11.0. The van der Waals surface area contributed by atoms with Gasteiger partial charge in [0.2, 0.25) is 0 Å². The van der Waals surface area contributed by atoms with Crippen molar-refractivity contribution in [2.24, 2.45) is 0 Å². The monoisotopic (exact) mass is 270 g/mol. The van der Waals surface area contributed by atoms with Crippen molar-refractivity contribution in [1.82, 2.24) is 20.4 Å². The summed E-state index contributed by atoms with van der Waals surface area (Å²) >= 11 is 0. The van der Waals surface area contributed by atoms with Gasteiger partial charge in [0.15, 0.2) is 0 Å². The quantitative estimate of drug-likeness (QED) is 0.722. The van der Waals surface area contributed by atoms with Gasteiger partial charge in [0.25, 0.3) is 0 Å². The van der Waals surface area contributed by atoms with Gasteiger partial charge in [-0.2, -0.15) is 5.10 Å². The van der Waals surface area contributed by atoms with E-state index >= 15 is 0 Å². The molecule has 1 aliphatic rings. The molecule has 1 fully saturated rings. The highest BCUT2D eigenvalue weighted by molar-refractivity contribution is 5.30. The topological polar surface area (TPSA) is 41.9 Å². The second kappa shape index (κ2) is 6.68. The maximum absolute atomic E-state index is 4.40. The van der Waals surface area contributed by atoms with Crippen molar-refractivity contribution >= 4 is 0 Å². The molecule has 106 valence electrons. The molecular formula is C16H22N4. The molecular weight excluding hydrogens is 248 g/mol. The standard InChI is InChI=1S/C16H22N4/c1-2-5-16(6-3-1)20-13-14(12-19-20)11-17-9-4-10-18-15-7-8-15/h1-3,5-6,12-13,15,17-18H,4,7-11H2. The fraction of sp³-hybridized carbons (Fsp3) is 0.438. The number of hydrogen-bond donors (Lipinski definition) is 2. The molecule has 1 aromatic carbocycles. The lowest BCUT2D eigenvalue weighted by atomic mass is 10.3. The van der Waals surface area contributed by atoms with Gasteiger partial charge in [-0.25, -0.2) is 4.68 Å². The fourth-order valence-corrected chi connectivity index (χ4v) is 2.21. The minimum Gasteiger partial charge on any atom is -0.314 e. The van der Waals surface area contributed by atoms with E-state index in [0.29, 0.717) is 0 Å². The van der Waals surface area contributed by atoms with Crippen LogP contribution in [-0.4, -0.2) is 28.9 Å². The Balaban J connectivity index is 1.38. The Morgan fingerprint density at radius 3 is 2.80 bits per heavy atom. The summed E-state index contributed by atoms with van der Waals surface area (Å²) in [5.74, 6) is 0. The van der Waals surface area contributed by atoms with Crippen LogP contribution in [0.3, 0.4) is 0 Å². The van der Waals surface area contributed by atoms with Crippen molar-refractivity contribution in [2.75, 3.05) is 13.1 Å². The zero-order chi connectivity index (χ0) is 13.6. The molecule has 2 aromatic rings. The summed E-state index contributed by atoms with van der Waals surface area (Å²) in [6.07, 6.45) is 7.94. The van der Waals surface area contributed by atoms with Gasteiger partial charge < -0.3 is 10.6 Å². The largest absolute Gasteiger partial charge is 0.314 e. The van der Waals surface area contributed by atoms with E-state index < -0.39 is 0 Å². The number of hydrogen-bond acceptors (Lipinski definition) is 3. The van der Waals surface area contributed by atoms with Gasteiger partial charge >= 0.3 is 0 Å². The van der Waals surface area contributed by atoms with E-state index in [1.165, 1.54) is 24.8 Å². The number of benzene rings is 1. The predicted molar refractivity (Wildman–Crippen MR) is 80.9 cm³/mol. The summed E-state index contributed by atoms with van der Waals surface area (Å²) in [6.45, 7) is 3.06. The van der Waals surface area contributed by atoms with E-state index in [0.717, 1.165) is 31.4 Å². The van der Waals surface area contributed by atoms with Crippen molar-refractivity contribution in [3.8, 4) is 5.69 Å². The first kappa shape index (κ1) is 13.3. The van der Waals surface area contributed by atoms with Crippen LogP contribution in [0.1, 0.15) is 24.8 Å². The molecule has 0 atom stereocenters. The van der Waals surface area contributed by atoms with E-state index in [-0.39, 0.29) is 0 Å². The van der Waals surface area contributed by atoms with Gasteiger partial charge in [0.1, 0.15) is 0 Å². The molecule has 0 amide bonds. The first-order valence-electron chi connectivity index (χ1n) is 7.45. The molecule has 4 nitrogen and oxygen atoms in total. The van der Waals surface area contributed by atoms with Crippen LogP contribution in [0.4, 0.5) is 0 Å². The van der Waals surface area contributed by atoms with Crippen LogP contribution in [0.15, 0.2) is 42.7 Å². The molecule has 1 aromatic heterocycles. The summed E-state index contributed by atoms with van der Waals surface area (Å²) in [5.41, 5.74) is 2.33. The molecule has 1 aliphatic carbocycles. The Morgan fingerprint density at radius 2 is 2.00 bits per heavy atom. The average Bonchev–Trinajstić information content (AvgIpc) is 3.20. The van der Waals surface area contributed by atoms with E-state index in [4.69, 9.17) is 0 Å². The average molecular weight is 270 g/mol. The number of aromatic nitrogens is 2. The summed E-state index contributed by atoms with van der Waals surface area (Å²) < 4.78 is 1.92. The number of nitrogens with zero attached hydrogens (tertiary/aromatic N) is 2. The highest BCUT2D eigenvalue weighted by Crippen LogP contribution is 2.18. The fourth-order valence-electron chi connectivity index (χ4n) is 2.21. The molecule has 4 heteroatoms. The van der Waals surface area contributed by atoms with E-state index in [1.54, 1.807) is 0 Å². The molecule has 0 spiro atoms. The molecule has 0 bridgehead atoms. The number of rotatable bonds is 8. The second-order valence-electron chi connectivity index (χ2n) is 5.39. The number of nitrogens with one attached hydrogen (secondary N) is 2. The van der Waals surface area contributed by atoms with Crippen LogP contribution < -0.4 is 10.6 Å². The summed E-state index contributed by atoms with van der Waals surface area (Å²) in [5, 5.41) is 11.4. The lowest BCUT2D eigenvalue weighted by Crippen LogP contribution is -2.22. The van der Waals surface area contributed by atoms with Crippen molar-refractivity contribution in [2.45, 2.75) is 31.8 Å². The van der Waals surface area contributed by atoms with Gasteiger partial charge in [-0.15, -0.1) is 0 Å². The summed E-state index contributed by atoms with van der Waals surface area (Å²) in [4.78, 5) is 0. The Morgan fingerprint density at radius 1 is 1.15 bits per heavy atom. The lowest BCUT2D eigenvalue weighted by Gasteiger charge is -2.04. The predicted octanol–water partition coefficient (Wildman–Crippen LogP) is 2.10. The molecule has 0 aliphatic heterocycles. The van der Waals surface area contributed by atoms with Crippen molar-refractivity contribution in [1.29, 1.82) is 0 Å². The van der Waals surface area contributed by atoms with Gasteiger partial charge in [-0.3, -0.25) is 0 Å². The molecule has 2 N–H and O–H groups in total. The maximum Gasteiger partial charge on any atom is 0.0645 e. The molecule has 1 heterocycles. The molecule has 0 radical (unpaired) electrons. The maximum atomic E-state index is 4.40. The van der Waals surface area contributed by atoms with Gasteiger partial charge in [-0.1, -0.05) is 18.2 Å². The molecule has 0 saturated heterocycles. The smallest absolute Gasteiger partial charge is 0.0645 e. The first-order valence-corrected chi connectivity index (χ1v) is 7.45. The normalized spacial score (nSPS) is 14.6. The van der Waals surface area contributed by atoms with Crippen molar-refractivity contribution in [3.63, 3.8) is 0 Å². The van der Waals surface area contributed by atoms with Crippen LogP contribution in [0, 0.1) is 0 Å². The third-order valence-corrected chi connectivity index (χ3v) is 3.53. The van der Waals surface area contributed by atoms with Gasteiger partial charge in [0.05, 0.1) is 11.9 Å². The zero-order valence-corrected chi connectivity index (χ0v) is 11.8. The minimum absolute atomic E-state index is 0.819.